The van der Waals surface area contributed by atoms with E-state index in [9.17, 15) is 4.79 Å². The molecule has 0 radical (unpaired) electrons. The molecule has 1 aromatic carbocycles. The number of carbonyl (C=O) groups is 1. The van der Waals surface area contributed by atoms with Crippen molar-refractivity contribution in [1.29, 1.82) is 0 Å². The molecule has 7 heteroatoms. The van der Waals surface area contributed by atoms with Crippen LogP contribution in [0.25, 0.3) is 10.9 Å². The van der Waals surface area contributed by atoms with Crippen molar-refractivity contribution in [2.75, 3.05) is 7.11 Å². The lowest BCUT2D eigenvalue weighted by molar-refractivity contribution is 0.0887. The molecule has 0 bridgehead atoms. The van der Waals surface area contributed by atoms with E-state index >= 15 is 0 Å². The van der Waals surface area contributed by atoms with Crippen LogP contribution in [0.3, 0.4) is 0 Å². The van der Waals surface area contributed by atoms with Crippen LogP contribution in [0.2, 0.25) is 0 Å². The second-order valence-corrected chi connectivity index (χ2v) is 6.52. The summed E-state index contributed by atoms with van der Waals surface area (Å²) < 4.78 is 10.4. The van der Waals surface area contributed by atoms with E-state index < -0.39 is 5.54 Å². The quantitative estimate of drug-likeness (QED) is 0.761. The zero-order valence-electron chi connectivity index (χ0n) is 14.3. The van der Waals surface area contributed by atoms with Crippen LogP contribution in [0.1, 0.15) is 47.9 Å². The highest BCUT2D eigenvalue weighted by Gasteiger charge is 2.41. The van der Waals surface area contributed by atoms with Crippen molar-refractivity contribution in [1.82, 2.24) is 20.4 Å². The van der Waals surface area contributed by atoms with Crippen LogP contribution in [0.15, 0.2) is 28.8 Å². The number of fused-ring (bicyclic) bond motifs is 1. The Labute approximate surface area is 144 Å². The molecule has 0 atom stereocenters. The van der Waals surface area contributed by atoms with E-state index in [0.29, 0.717) is 17.4 Å². The number of ether oxygens (including phenoxy) is 1. The van der Waals surface area contributed by atoms with Gasteiger partial charge in [0.1, 0.15) is 17.0 Å². The first-order chi connectivity index (χ1) is 12.1. The van der Waals surface area contributed by atoms with Crippen molar-refractivity contribution in [3.63, 3.8) is 0 Å². The molecule has 1 fully saturated rings. The SMILES string of the molecule is COc1ccc2cc(C(=O)NC3(c4noc(C)n4)CCCC3)[nH]c2c1. The molecule has 1 amide bonds. The predicted molar refractivity (Wildman–Crippen MR) is 91.5 cm³/mol. The number of hydrogen-bond acceptors (Lipinski definition) is 5. The summed E-state index contributed by atoms with van der Waals surface area (Å²) in [5.41, 5.74) is 0.819. The van der Waals surface area contributed by atoms with E-state index in [1.165, 1.54) is 0 Å². The Bertz CT molecular complexity index is 921. The summed E-state index contributed by atoms with van der Waals surface area (Å²) in [5.74, 6) is 1.65. The van der Waals surface area contributed by atoms with E-state index in [1.54, 1.807) is 14.0 Å². The number of aromatic nitrogens is 3. The molecule has 4 rings (SSSR count). The second kappa shape index (κ2) is 5.91. The van der Waals surface area contributed by atoms with Gasteiger partial charge in [-0.05, 0) is 31.0 Å². The maximum Gasteiger partial charge on any atom is 0.268 e. The second-order valence-electron chi connectivity index (χ2n) is 6.52. The number of nitrogens with one attached hydrogen (secondary N) is 2. The molecule has 3 aromatic rings. The van der Waals surface area contributed by atoms with Gasteiger partial charge >= 0.3 is 0 Å². The number of methoxy groups -OCH3 is 1. The van der Waals surface area contributed by atoms with Crippen LogP contribution in [0.4, 0.5) is 0 Å². The Morgan fingerprint density at radius 1 is 1.32 bits per heavy atom. The number of rotatable bonds is 4. The molecule has 0 unspecified atom stereocenters. The standard InChI is InChI=1S/C18H20N4O3/c1-11-19-17(22-25-11)18(7-3-4-8-18)21-16(23)15-9-12-5-6-13(24-2)10-14(12)20-15/h5-6,9-10,20H,3-4,7-8H2,1-2H3,(H,21,23). The summed E-state index contributed by atoms with van der Waals surface area (Å²) in [6.45, 7) is 1.76. The van der Waals surface area contributed by atoms with Crippen molar-refractivity contribution in [3.05, 3.63) is 41.7 Å². The average molecular weight is 340 g/mol. The molecular formula is C18H20N4O3. The zero-order valence-corrected chi connectivity index (χ0v) is 14.3. The molecule has 2 N–H and O–H groups in total. The van der Waals surface area contributed by atoms with Gasteiger partial charge in [0.2, 0.25) is 5.89 Å². The van der Waals surface area contributed by atoms with Gasteiger partial charge in [-0.25, -0.2) is 0 Å². The molecule has 25 heavy (non-hydrogen) atoms. The van der Waals surface area contributed by atoms with Gasteiger partial charge in [0.05, 0.1) is 7.11 Å². The van der Waals surface area contributed by atoms with E-state index in [1.807, 2.05) is 24.3 Å². The summed E-state index contributed by atoms with van der Waals surface area (Å²) in [4.78, 5) is 20.4. The van der Waals surface area contributed by atoms with E-state index in [4.69, 9.17) is 9.26 Å². The average Bonchev–Trinajstić information content (AvgIpc) is 3.33. The summed E-state index contributed by atoms with van der Waals surface area (Å²) in [6.07, 6.45) is 3.67. The van der Waals surface area contributed by atoms with Gasteiger partial charge in [0.25, 0.3) is 5.91 Å². The minimum absolute atomic E-state index is 0.167. The number of benzene rings is 1. The summed E-state index contributed by atoms with van der Waals surface area (Å²) >= 11 is 0. The lowest BCUT2D eigenvalue weighted by atomic mass is 9.96. The third-order valence-corrected chi connectivity index (χ3v) is 4.84. The number of H-pyrrole nitrogens is 1. The van der Waals surface area contributed by atoms with Gasteiger partial charge in [-0.15, -0.1) is 0 Å². The fourth-order valence-corrected chi connectivity index (χ4v) is 3.52. The molecule has 1 aliphatic rings. The maximum absolute atomic E-state index is 12.9. The lowest BCUT2D eigenvalue weighted by Crippen LogP contribution is -2.44. The fourth-order valence-electron chi connectivity index (χ4n) is 3.52. The van der Waals surface area contributed by atoms with Gasteiger partial charge < -0.3 is 19.6 Å². The molecule has 1 saturated carbocycles. The molecular weight excluding hydrogens is 320 g/mol. The van der Waals surface area contributed by atoms with Crippen molar-refractivity contribution >= 4 is 16.8 Å². The number of hydrogen-bond donors (Lipinski definition) is 2. The fraction of sp³-hybridized carbons (Fsp3) is 0.389. The Morgan fingerprint density at radius 2 is 2.12 bits per heavy atom. The topological polar surface area (TPSA) is 93.0 Å². The van der Waals surface area contributed by atoms with E-state index in [-0.39, 0.29) is 5.91 Å². The maximum atomic E-state index is 12.9. The van der Waals surface area contributed by atoms with Crippen molar-refractivity contribution < 1.29 is 14.1 Å². The van der Waals surface area contributed by atoms with Crippen LogP contribution in [0.5, 0.6) is 5.75 Å². The third-order valence-electron chi connectivity index (χ3n) is 4.84. The monoisotopic (exact) mass is 340 g/mol. The number of nitrogens with zero attached hydrogens (tertiary/aromatic N) is 2. The molecule has 2 heterocycles. The number of aromatic amines is 1. The highest BCUT2D eigenvalue weighted by atomic mass is 16.5. The first-order valence-electron chi connectivity index (χ1n) is 8.40. The lowest BCUT2D eigenvalue weighted by Gasteiger charge is -2.26. The van der Waals surface area contributed by atoms with Crippen LogP contribution in [0, 0.1) is 6.92 Å². The molecule has 0 saturated heterocycles. The van der Waals surface area contributed by atoms with Gasteiger partial charge in [0, 0.05) is 23.9 Å². The minimum Gasteiger partial charge on any atom is -0.497 e. The molecule has 0 aliphatic heterocycles. The van der Waals surface area contributed by atoms with Crippen LogP contribution < -0.4 is 10.1 Å². The Morgan fingerprint density at radius 3 is 2.80 bits per heavy atom. The van der Waals surface area contributed by atoms with Crippen molar-refractivity contribution in [2.45, 2.75) is 38.1 Å². The summed E-state index contributed by atoms with van der Waals surface area (Å²) in [7, 11) is 1.62. The highest BCUT2D eigenvalue weighted by molar-refractivity contribution is 5.98. The summed E-state index contributed by atoms with van der Waals surface area (Å²) in [5, 5.41) is 8.16. The van der Waals surface area contributed by atoms with Gasteiger partial charge in [-0.3, -0.25) is 4.79 Å². The summed E-state index contributed by atoms with van der Waals surface area (Å²) in [6, 6.07) is 7.52. The van der Waals surface area contributed by atoms with Gasteiger partial charge in [-0.2, -0.15) is 4.98 Å². The Balaban J connectivity index is 1.64. The first kappa shape index (κ1) is 15.7. The van der Waals surface area contributed by atoms with E-state index in [0.717, 1.165) is 42.3 Å². The largest absolute Gasteiger partial charge is 0.497 e. The van der Waals surface area contributed by atoms with Crippen LogP contribution >= 0.6 is 0 Å². The molecule has 1 aliphatic carbocycles. The van der Waals surface area contributed by atoms with Crippen molar-refractivity contribution in [2.24, 2.45) is 0 Å². The predicted octanol–water partition coefficient (Wildman–Crippen LogP) is 3.07. The molecule has 2 aromatic heterocycles. The molecule has 7 nitrogen and oxygen atoms in total. The van der Waals surface area contributed by atoms with Gasteiger partial charge in [-0.1, -0.05) is 18.0 Å². The minimum atomic E-state index is -0.552. The number of aryl methyl sites for hydroxylation is 1. The van der Waals surface area contributed by atoms with Crippen LogP contribution in [-0.2, 0) is 5.54 Å². The third kappa shape index (κ3) is 2.75. The normalized spacial score (nSPS) is 16.2. The Kier molecular flexibility index (Phi) is 3.71. The zero-order chi connectivity index (χ0) is 17.4. The Hall–Kier alpha value is -2.83. The molecule has 0 spiro atoms. The highest BCUT2D eigenvalue weighted by Crippen LogP contribution is 2.37. The van der Waals surface area contributed by atoms with Crippen LogP contribution in [-0.4, -0.2) is 28.1 Å². The van der Waals surface area contributed by atoms with Gasteiger partial charge in [0.15, 0.2) is 5.82 Å². The smallest absolute Gasteiger partial charge is 0.268 e. The number of amides is 1. The van der Waals surface area contributed by atoms with E-state index in [2.05, 4.69) is 20.4 Å². The first-order valence-corrected chi connectivity index (χ1v) is 8.40. The molecule has 130 valence electrons. The number of carbonyl (C=O) groups excluding carboxylic acids is 1. The van der Waals surface area contributed by atoms with Crippen molar-refractivity contribution in [3.8, 4) is 5.75 Å².